The van der Waals surface area contributed by atoms with Gasteiger partial charge in [0.05, 0.1) is 0 Å². The van der Waals surface area contributed by atoms with Crippen LogP contribution >= 0.6 is 25.3 Å². The van der Waals surface area contributed by atoms with Gasteiger partial charge in [-0.05, 0) is 22.3 Å². The van der Waals surface area contributed by atoms with Crippen LogP contribution in [-0.2, 0) is 14.3 Å². The maximum Gasteiger partial charge on any atom is 0.407 e. The van der Waals surface area contributed by atoms with E-state index in [0.717, 1.165) is 22.3 Å². The fourth-order valence-electron chi connectivity index (χ4n) is 3.43. The zero-order valence-electron chi connectivity index (χ0n) is 15.9. The lowest BCUT2D eigenvalue weighted by Crippen LogP contribution is -2.53. The highest BCUT2D eigenvalue weighted by atomic mass is 32.1. The first kappa shape index (κ1) is 22.0. The summed E-state index contributed by atoms with van der Waals surface area (Å²) >= 11 is 7.97. The second-order valence-electron chi connectivity index (χ2n) is 6.79. The summed E-state index contributed by atoms with van der Waals surface area (Å²) in [5, 5.41) is 13.8. The van der Waals surface area contributed by atoms with Crippen LogP contribution < -0.4 is 10.6 Å². The molecule has 0 aliphatic heterocycles. The molecule has 1 aliphatic carbocycles. The number of carbonyl (C=O) groups excluding carboxylic acids is 2. The van der Waals surface area contributed by atoms with Crippen LogP contribution in [0.3, 0.4) is 0 Å². The van der Waals surface area contributed by atoms with E-state index in [-0.39, 0.29) is 24.0 Å². The molecule has 3 rings (SSSR count). The first-order chi connectivity index (χ1) is 14.5. The Bertz CT molecular complexity index is 907. The van der Waals surface area contributed by atoms with Gasteiger partial charge >= 0.3 is 12.1 Å². The zero-order valence-corrected chi connectivity index (χ0v) is 17.7. The highest BCUT2D eigenvalue weighted by Gasteiger charge is 2.30. The van der Waals surface area contributed by atoms with Crippen molar-refractivity contribution in [1.82, 2.24) is 10.6 Å². The number of carboxylic acid groups (broad SMARTS) is 1. The van der Waals surface area contributed by atoms with Crippen molar-refractivity contribution in [3.63, 3.8) is 0 Å². The monoisotopic (exact) mass is 446 g/mol. The van der Waals surface area contributed by atoms with Crippen LogP contribution in [0.5, 0.6) is 0 Å². The molecule has 2 amide bonds. The highest BCUT2D eigenvalue weighted by molar-refractivity contribution is 7.80. The predicted octanol–water partition coefficient (Wildman–Crippen LogP) is 2.32. The van der Waals surface area contributed by atoms with Gasteiger partial charge < -0.3 is 20.5 Å². The number of fused-ring (bicyclic) bond motifs is 3. The normalized spacial score (nSPS) is 14.2. The quantitative estimate of drug-likeness (QED) is 0.401. The lowest BCUT2D eigenvalue weighted by Gasteiger charge is -2.20. The summed E-state index contributed by atoms with van der Waals surface area (Å²) < 4.78 is 5.41. The van der Waals surface area contributed by atoms with Crippen molar-refractivity contribution in [2.24, 2.45) is 0 Å². The van der Waals surface area contributed by atoms with E-state index < -0.39 is 30.1 Å². The molecule has 0 bridgehead atoms. The summed E-state index contributed by atoms with van der Waals surface area (Å²) in [4.78, 5) is 35.6. The maximum absolute atomic E-state index is 12.3. The van der Waals surface area contributed by atoms with E-state index in [1.54, 1.807) is 0 Å². The molecule has 2 aromatic rings. The van der Waals surface area contributed by atoms with Crippen molar-refractivity contribution in [1.29, 1.82) is 0 Å². The third-order valence-electron chi connectivity index (χ3n) is 4.93. The molecule has 1 aliphatic rings. The number of aliphatic carboxylic acids is 1. The number of carboxylic acids is 1. The largest absolute Gasteiger partial charge is 0.480 e. The molecule has 3 N–H and O–H groups in total. The molecule has 7 nitrogen and oxygen atoms in total. The minimum Gasteiger partial charge on any atom is -0.480 e. The Labute approximate surface area is 185 Å². The molecule has 158 valence electrons. The summed E-state index contributed by atoms with van der Waals surface area (Å²) in [6.07, 6.45) is -0.774. The first-order valence-corrected chi connectivity index (χ1v) is 10.6. The molecular formula is C21H22N2O5S2. The van der Waals surface area contributed by atoms with Crippen molar-refractivity contribution >= 4 is 43.2 Å². The van der Waals surface area contributed by atoms with Crippen molar-refractivity contribution in [3.8, 4) is 11.1 Å². The van der Waals surface area contributed by atoms with Crippen LogP contribution in [0.1, 0.15) is 17.0 Å². The van der Waals surface area contributed by atoms with Crippen LogP contribution in [0.25, 0.3) is 11.1 Å². The molecule has 0 radical (unpaired) electrons. The topological polar surface area (TPSA) is 105 Å². The Morgan fingerprint density at radius 2 is 1.43 bits per heavy atom. The van der Waals surface area contributed by atoms with Gasteiger partial charge in [-0.3, -0.25) is 4.79 Å². The zero-order chi connectivity index (χ0) is 21.7. The third-order valence-corrected chi connectivity index (χ3v) is 5.66. The van der Waals surface area contributed by atoms with Gasteiger partial charge in [-0.15, -0.1) is 0 Å². The van der Waals surface area contributed by atoms with Crippen LogP contribution in [0.2, 0.25) is 0 Å². The number of thiol groups is 2. The van der Waals surface area contributed by atoms with E-state index in [2.05, 4.69) is 35.9 Å². The van der Waals surface area contributed by atoms with Gasteiger partial charge in [0, 0.05) is 17.4 Å². The van der Waals surface area contributed by atoms with Crippen LogP contribution in [0.15, 0.2) is 48.5 Å². The number of carbonyl (C=O) groups is 3. The van der Waals surface area contributed by atoms with E-state index in [1.807, 2.05) is 48.5 Å². The van der Waals surface area contributed by atoms with Crippen molar-refractivity contribution in [2.45, 2.75) is 18.0 Å². The van der Waals surface area contributed by atoms with Gasteiger partial charge in [-0.1, -0.05) is 48.5 Å². The van der Waals surface area contributed by atoms with E-state index in [9.17, 15) is 14.4 Å². The molecular weight excluding hydrogens is 424 g/mol. The van der Waals surface area contributed by atoms with Gasteiger partial charge in [0.2, 0.25) is 5.91 Å². The van der Waals surface area contributed by atoms with Crippen molar-refractivity contribution in [3.05, 3.63) is 59.7 Å². The molecule has 9 heteroatoms. The van der Waals surface area contributed by atoms with E-state index in [1.165, 1.54) is 0 Å². The lowest BCUT2D eigenvalue weighted by atomic mass is 9.98. The van der Waals surface area contributed by atoms with Gasteiger partial charge in [-0.25, -0.2) is 9.59 Å². The summed E-state index contributed by atoms with van der Waals surface area (Å²) in [6, 6.07) is 13.7. The summed E-state index contributed by atoms with van der Waals surface area (Å²) in [7, 11) is 0. The predicted molar refractivity (Wildman–Crippen MR) is 119 cm³/mol. The number of amides is 2. The minimum absolute atomic E-state index is 0.0189. The van der Waals surface area contributed by atoms with Crippen LogP contribution in [-0.4, -0.2) is 53.3 Å². The highest BCUT2D eigenvalue weighted by Crippen LogP contribution is 2.44. The number of rotatable bonds is 8. The summed E-state index contributed by atoms with van der Waals surface area (Å²) in [6.45, 7) is 0.106. The SMILES string of the molecule is O=C(N[C@H](CS)C(=O)N[C@H](CS)C(=O)O)OCC1c2ccccc2-c2ccccc21. The summed E-state index contributed by atoms with van der Waals surface area (Å²) in [5.74, 6) is -2.08. The van der Waals surface area contributed by atoms with Gasteiger partial charge in [0.15, 0.2) is 0 Å². The van der Waals surface area contributed by atoms with E-state index in [0.29, 0.717) is 0 Å². The molecule has 0 aromatic heterocycles. The third kappa shape index (κ3) is 4.73. The number of nitrogens with one attached hydrogen (secondary N) is 2. The second kappa shape index (κ2) is 9.90. The molecule has 2 aromatic carbocycles. The Balaban J connectivity index is 1.63. The average Bonchev–Trinajstić information content (AvgIpc) is 3.07. The molecule has 2 atom stereocenters. The second-order valence-corrected chi connectivity index (χ2v) is 7.52. The number of alkyl carbamates (subject to hydrolysis) is 1. The fourth-order valence-corrected chi connectivity index (χ4v) is 3.94. The summed E-state index contributed by atoms with van der Waals surface area (Å²) in [5.41, 5.74) is 4.38. The molecule has 0 spiro atoms. The van der Waals surface area contributed by atoms with Crippen LogP contribution in [0.4, 0.5) is 4.79 Å². The van der Waals surface area contributed by atoms with Gasteiger partial charge in [-0.2, -0.15) is 25.3 Å². The first-order valence-electron chi connectivity index (χ1n) is 9.32. The Morgan fingerprint density at radius 1 is 0.900 bits per heavy atom. The smallest absolute Gasteiger partial charge is 0.407 e. The van der Waals surface area contributed by atoms with E-state index in [4.69, 9.17) is 9.84 Å². The number of hydrogen-bond donors (Lipinski definition) is 5. The standard InChI is InChI=1S/C21H22N2O5S2/c24-19(22-18(11-30)20(25)26)17(10-29)23-21(27)28-9-16-14-7-3-1-5-12(14)13-6-2-4-8-15(13)16/h1-8,16-18,29-30H,9-11H2,(H,22,24)(H,23,27)(H,25,26)/t17-,18-/m1/s1. The molecule has 0 saturated carbocycles. The minimum atomic E-state index is -1.21. The molecule has 0 heterocycles. The number of ether oxygens (including phenoxy) is 1. The van der Waals surface area contributed by atoms with Gasteiger partial charge in [0.1, 0.15) is 18.7 Å². The van der Waals surface area contributed by atoms with Gasteiger partial charge in [0.25, 0.3) is 0 Å². The lowest BCUT2D eigenvalue weighted by molar-refractivity contribution is -0.141. The number of benzene rings is 2. The molecule has 0 fully saturated rings. The average molecular weight is 447 g/mol. The molecule has 0 unspecified atom stereocenters. The van der Waals surface area contributed by atoms with Crippen molar-refractivity contribution < 1.29 is 24.2 Å². The number of hydrogen-bond acceptors (Lipinski definition) is 6. The van der Waals surface area contributed by atoms with E-state index >= 15 is 0 Å². The Hall–Kier alpha value is -2.65. The molecule has 30 heavy (non-hydrogen) atoms. The van der Waals surface area contributed by atoms with Crippen LogP contribution in [0, 0.1) is 0 Å². The van der Waals surface area contributed by atoms with Crippen molar-refractivity contribution in [2.75, 3.05) is 18.1 Å². The molecule has 0 saturated heterocycles. The maximum atomic E-state index is 12.3. The Morgan fingerprint density at radius 3 is 1.93 bits per heavy atom. The Kier molecular flexibility index (Phi) is 7.28. The fraction of sp³-hybridized carbons (Fsp3) is 0.286.